The summed E-state index contributed by atoms with van der Waals surface area (Å²) in [5.41, 5.74) is -0.399. The van der Waals surface area contributed by atoms with Gasteiger partial charge in [0.15, 0.2) is 5.82 Å². The first-order valence-electron chi connectivity index (χ1n) is 8.38. The molecule has 0 bridgehead atoms. The van der Waals surface area contributed by atoms with E-state index in [-0.39, 0.29) is 28.7 Å². The molecule has 0 aliphatic heterocycles. The summed E-state index contributed by atoms with van der Waals surface area (Å²) in [5, 5.41) is 17.1. The van der Waals surface area contributed by atoms with Crippen LogP contribution in [0.5, 0.6) is 0 Å². The molecular weight excluding hydrogens is 350 g/mol. The molecule has 0 aliphatic rings. The fourth-order valence-electron chi connectivity index (χ4n) is 2.44. The molecule has 1 heterocycles. The second-order valence-electron chi connectivity index (χ2n) is 7.29. The summed E-state index contributed by atoms with van der Waals surface area (Å²) in [6.07, 6.45) is 3.10. The molecule has 0 saturated carbocycles. The van der Waals surface area contributed by atoms with Gasteiger partial charge in [0.25, 0.3) is 5.69 Å². The number of anilines is 1. The number of rotatable bonds is 6. The molecule has 2 rings (SSSR count). The Kier molecular flexibility index (Phi) is 5.63. The molecule has 144 valence electrons. The molecule has 0 fully saturated rings. The monoisotopic (exact) mass is 373 g/mol. The normalized spacial score (nSPS) is 12.3. The minimum absolute atomic E-state index is 0.147. The number of nitrogens with one attached hydrogen (secondary N) is 2. The summed E-state index contributed by atoms with van der Waals surface area (Å²) in [7, 11) is 1.67. The van der Waals surface area contributed by atoms with Crippen molar-refractivity contribution >= 4 is 23.1 Å². The number of nitro benzene ring substituents is 1. The molecule has 9 nitrogen and oxygen atoms in total. The van der Waals surface area contributed by atoms with E-state index in [9.17, 15) is 19.7 Å². The van der Waals surface area contributed by atoms with Gasteiger partial charge in [0.2, 0.25) is 11.7 Å². The van der Waals surface area contributed by atoms with E-state index < -0.39 is 22.3 Å². The van der Waals surface area contributed by atoms with Gasteiger partial charge >= 0.3 is 0 Å². The third-order valence-corrected chi connectivity index (χ3v) is 3.74. The third kappa shape index (κ3) is 4.90. The van der Waals surface area contributed by atoms with Crippen molar-refractivity contribution in [3.05, 3.63) is 52.1 Å². The number of nitro groups is 1. The molecular formula is C18H23N5O4. The molecule has 0 radical (unpaired) electrons. The highest BCUT2D eigenvalue weighted by Crippen LogP contribution is 2.27. The van der Waals surface area contributed by atoms with E-state index in [0.29, 0.717) is 0 Å². The number of benzene rings is 1. The van der Waals surface area contributed by atoms with Gasteiger partial charge in [0, 0.05) is 36.6 Å². The SMILES string of the molecule is CC(Nc1ccc(C(=O)c2nccn2C)cc1[N+](=O)[O-])C(=O)NC(C)(C)C. The first-order chi connectivity index (χ1) is 12.5. The molecule has 1 unspecified atom stereocenters. The fraction of sp³-hybridized carbons (Fsp3) is 0.389. The van der Waals surface area contributed by atoms with Gasteiger partial charge in [-0.2, -0.15) is 0 Å². The van der Waals surface area contributed by atoms with Crippen LogP contribution in [0.25, 0.3) is 0 Å². The highest BCUT2D eigenvalue weighted by Gasteiger charge is 2.24. The van der Waals surface area contributed by atoms with E-state index in [0.717, 1.165) is 0 Å². The number of carbonyl (C=O) groups is 2. The zero-order chi connectivity index (χ0) is 20.4. The molecule has 0 saturated heterocycles. The molecule has 9 heteroatoms. The minimum atomic E-state index is -0.695. The Morgan fingerprint density at radius 3 is 2.48 bits per heavy atom. The Morgan fingerprint density at radius 2 is 1.96 bits per heavy atom. The average Bonchev–Trinajstić information content (AvgIpc) is 2.98. The molecule has 1 aromatic heterocycles. The molecule has 27 heavy (non-hydrogen) atoms. The van der Waals surface area contributed by atoms with E-state index in [1.165, 1.54) is 24.4 Å². The fourth-order valence-corrected chi connectivity index (χ4v) is 2.44. The van der Waals surface area contributed by atoms with Gasteiger partial charge in [-0.15, -0.1) is 0 Å². The predicted molar refractivity (Wildman–Crippen MR) is 101 cm³/mol. The summed E-state index contributed by atoms with van der Waals surface area (Å²) >= 11 is 0. The van der Waals surface area contributed by atoms with Crippen LogP contribution in [0, 0.1) is 10.1 Å². The van der Waals surface area contributed by atoms with Crippen LogP contribution in [-0.2, 0) is 11.8 Å². The van der Waals surface area contributed by atoms with E-state index in [1.807, 2.05) is 20.8 Å². The Hall–Kier alpha value is -3.23. The van der Waals surface area contributed by atoms with Crippen molar-refractivity contribution in [1.82, 2.24) is 14.9 Å². The van der Waals surface area contributed by atoms with E-state index >= 15 is 0 Å². The number of hydrogen-bond donors (Lipinski definition) is 2. The molecule has 1 amide bonds. The average molecular weight is 373 g/mol. The van der Waals surface area contributed by atoms with Crippen molar-refractivity contribution in [2.75, 3.05) is 5.32 Å². The van der Waals surface area contributed by atoms with Crippen molar-refractivity contribution in [2.24, 2.45) is 7.05 Å². The third-order valence-electron chi connectivity index (χ3n) is 3.74. The second kappa shape index (κ2) is 7.56. The largest absolute Gasteiger partial charge is 0.368 e. The Morgan fingerprint density at radius 1 is 1.30 bits per heavy atom. The lowest BCUT2D eigenvalue weighted by Gasteiger charge is -2.24. The summed E-state index contributed by atoms with van der Waals surface area (Å²) in [6, 6.07) is 3.39. The van der Waals surface area contributed by atoms with Gasteiger partial charge in [-0.05, 0) is 39.8 Å². The second-order valence-corrected chi connectivity index (χ2v) is 7.29. The van der Waals surface area contributed by atoms with Crippen LogP contribution in [0.2, 0.25) is 0 Å². The van der Waals surface area contributed by atoms with Gasteiger partial charge in [-0.3, -0.25) is 19.7 Å². The van der Waals surface area contributed by atoms with Crippen LogP contribution >= 0.6 is 0 Å². The van der Waals surface area contributed by atoms with Gasteiger partial charge in [-0.1, -0.05) is 0 Å². The maximum Gasteiger partial charge on any atom is 0.293 e. The standard InChI is InChI=1S/C18H23N5O4/c1-11(17(25)21-18(2,3)4)20-13-7-6-12(10-14(13)23(26)27)15(24)16-19-8-9-22(16)5/h6-11,20H,1-5H3,(H,21,25). The summed E-state index contributed by atoms with van der Waals surface area (Å²) in [6.45, 7) is 7.14. The summed E-state index contributed by atoms with van der Waals surface area (Å²) in [4.78, 5) is 39.6. The highest BCUT2D eigenvalue weighted by atomic mass is 16.6. The van der Waals surface area contributed by atoms with Gasteiger partial charge in [-0.25, -0.2) is 4.98 Å². The van der Waals surface area contributed by atoms with Crippen LogP contribution in [0.3, 0.4) is 0 Å². The highest BCUT2D eigenvalue weighted by molar-refractivity contribution is 6.07. The summed E-state index contributed by atoms with van der Waals surface area (Å²) < 4.78 is 1.54. The lowest BCUT2D eigenvalue weighted by Crippen LogP contribution is -2.47. The zero-order valence-corrected chi connectivity index (χ0v) is 15.9. The number of imidazole rings is 1. The molecule has 1 atom stereocenters. The van der Waals surface area contributed by atoms with Crippen LogP contribution in [0.1, 0.15) is 43.9 Å². The van der Waals surface area contributed by atoms with E-state index in [1.54, 1.807) is 24.7 Å². The Labute approximate surface area is 156 Å². The number of ketones is 1. The zero-order valence-electron chi connectivity index (χ0n) is 15.9. The Balaban J connectivity index is 2.28. The quantitative estimate of drug-likeness (QED) is 0.455. The molecule has 0 spiro atoms. The number of hydrogen-bond acceptors (Lipinski definition) is 6. The van der Waals surface area contributed by atoms with Crippen LogP contribution in [-0.4, -0.2) is 37.7 Å². The Bertz CT molecular complexity index is 882. The van der Waals surface area contributed by atoms with E-state index in [4.69, 9.17) is 0 Å². The van der Waals surface area contributed by atoms with Crippen molar-refractivity contribution < 1.29 is 14.5 Å². The first kappa shape index (κ1) is 20.1. The molecule has 2 aromatic rings. The van der Waals surface area contributed by atoms with Crippen LogP contribution in [0.15, 0.2) is 30.6 Å². The molecule has 2 N–H and O–H groups in total. The number of carbonyl (C=O) groups excluding carboxylic acids is 2. The van der Waals surface area contributed by atoms with Crippen LogP contribution in [0.4, 0.5) is 11.4 Å². The van der Waals surface area contributed by atoms with Gasteiger partial charge in [0.05, 0.1) is 4.92 Å². The molecule has 0 aliphatic carbocycles. The molecule has 1 aromatic carbocycles. The number of nitrogens with zero attached hydrogens (tertiary/aromatic N) is 3. The van der Waals surface area contributed by atoms with Gasteiger partial charge < -0.3 is 15.2 Å². The van der Waals surface area contributed by atoms with Crippen LogP contribution < -0.4 is 10.6 Å². The maximum atomic E-state index is 12.5. The van der Waals surface area contributed by atoms with Crippen molar-refractivity contribution in [1.29, 1.82) is 0 Å². The lowest BCUT2D eigenvalue weighted by molar-refractivity contribution is -0.384. The smallest absolute Gasteiger partial charge is 0.293 e. The first-order valence-corrected chi connectivity index (χ1v) is 8.38. The maximum absolute atomic E-state index is 12.5. The van der Waals surface area contributed by atoms with Gasteiger partial charge in [0.1, 0.15) is 11.7 Å². The number of amides is 1. The number of aromatic nitrogens is 2. The van der Waals surface area contributed by atoms with Crippen molar-refractivity contribution in [3.63, 3.8) is 0 Å². The topological polar surface area (TPSA) is 119 Å². The summed E-state index contributed by atoms with van der Waals surface area (Å²) in [5.74, 6) is -0.524. The van der Waals surface area contributed by atoms with Crippen molar-refractivity contribution in [2.45, 2.75) is 39.3 Å². The minimum Gasteiger partial charge on any atom is -0.368 e. The lowest BCUT2D eigenvalue weighted by atomic mass is 10.1. The predicted octanol–water partition coefficient (Wildman–Crippen LogP) is 2.27. The van der Waals surface area contributed by atoms with E-state index in [2.05, 4.69) is 15.6 Å². The van der Waals surface area contributed by atoms with Crippen molar-refractivity contribution in [3.8, 4) is 0 Å². The number of aryl methyl sites for hydroxylation is 1.